The Labute approximate surface area is 146 Å². The molecule has 0 aliphatic carbocycles. The molecule has 1 fully saturated rings. The van der Waals surface area contributed by atoms with Crippen LogP contribution in [0, 0.1) is 0 Å². The smallest absolute Gasteiger partial charge is 0.274 e. The summed E-state index contributed by atoms with van der Waals surface area (Å²) in [6.07, 6.45) is 3.81. The summed E-state index contributed by atoms with van der Waals surface area (Å²) in [5, 5.41) is 20.6. The molecule has 2 aromatic rings. The summed E-state index contributed by atoms with van der Waals surface area (Å²) in [6.45, 7) is 4.26. The fourth-order valence-electron chi connectivity index (χ4n) is 3.14. The molecule has 2 aromatic heterocycles. The summed E-state index contributed by atoms with van der Waals surface area (Å²) in [6, 6.07) is 3.47. The number of rotatable bonds is 6. The molecule has 0 aromatic carbocycles. The van der Waals surface area contributed by atoms with E-state index >= 15 is 0 Å². The zero-order valence-electron chi connectivity index (χ0n) is 14.7. The molecule has 1 aliphatic heterocycles. The second-order valence-electron chi connectivity index (χ2n) is 6.50. The highest BCUT2D eigenvalue weighted by Crippen LogP contribution is 2.17. The Bertz CT molecular complexity index is 703. The fraction of sp³-hybridized carbons (Fsp3) is 0.588. The molecule has 1 atom stereocenters. The largest absolute Gasteiger partial charge is 0.393 e. The van der Waals surface area contributed by atoms with E-state index in [9.17, 15) is 9.90 Å². The third kappa shape index (κ3) is 4.26. The van der Waals surface area contributed by atoms with Crippen LogP contribution in [0.25, 0.3) is 0 Å². The number of piperidine rings is 1. The number of amides is 1. The van der Waals surface area contributed by atoms with E-state index < -0.39 is 0 Å². The van der Waals surface area contributed by atoms with Crippen molar-refractivity contribution in [3.05, 3.63) is 35.5 Å². The maximum Gasteiger partial charge on any atom is 0.274 e. The number of nitrogens with zero attached hydrogens (tertiary/aromatic N) is 4. The highest BCUT2D eigenvalue weighted by Gasteiger charge is 2.22. The van der Waals surface area contributed by atoms with E-state index in [-0.39, 0.29) is 23.7 Å². The summed E-state index contributed by atoms with van der Waals surface area (Å²) < 4.78 is 7.07. The quantitative estimate of drug-likeness (QED) is 0.816. The van der Waals surface area contributed by atoms with Gasteiger partial charge in [-0.05, 0) is 25.3 Å². The lowest BCUT2D eigenvalue weighted by molar-refractivity contribution is 0.0748. The molecular weight excluding hydrogens is 322 g/mol. The normalized spacial score (nSPS) is 17.6. The molecule has 1 amide bonds. The van der Waals surface area contributed by atoms with Crippen LogP contribution in [0.3, 0.4) is 0 Å². The van der Waals surface area contributed by atoms with E-state index in [1.165, 1.54) is 0 Å². The Morgan fingerprint density at radius 3 is 2.88 bits per heavy atom. The van der Waals surface area contributed by atoms with Crippen molar-refractivity contribution in [1.29, 1.82) is 0 Å². The van der Waals surface area contributed by atoms with Gasteiger partial charge in [0.25, 0.3) is 5.91 Å². The summed E-state index contributed by atoms with van der Waals surface area (Å²) in [5.41, 5.74) is 1.24. The predicted molar refractivity (Wildman–Crippen MR) is 90.7 cm³/mol. The lowest BCUT2D eigenvalue weighted by Gasteiger charge is -2.28. The molecule has 0 saturated carbocycles. The van der Waals surface area contributed by atoms with Gasteiger partial charge in [-0.2, -0.15) is 5.10 Å². The minimum Gasteiger partial charge on any atom is -0.393 e. The van der Waals surface area contributed by atoms with Crippen LogP contribution in [-0.4, -0.2) is 50.0 Å². The maximum absolute atomic E-state index is 12.5. The third-order valence-electron chi connectivity index (χ3n) is 4.66. The standard InChI is InChI=1S/C17H25N5O3/c1-3-14(16-4-7-18-21(16)2)19-17(24)15-10-13(25-20-15)11-22-8-5-12(23)6-9-22/h4,7,10,12,14,23H,3,5-6,8-9,11H2,1-2H3,(H,19,24)/t14-/m0/s1. The van der Waals surface area contributed by atoms with Gasteiger partial charge in [-0.3, -0.25) is 14.4 Å². The molecule has 8 heteroatoms. The number of aryl methyl sites for hydroxylation is 1. The molecule has 0 radical (unpaired) electrons. The monoisotopic (exact) mass is 347 g/mol. The number of hydrogen-bond acceptors (Lipinski definition) is 6. The van der Waals surface area contributed by atoms with Gasteiger partial charge in [0.15, 0.2) is 11.5 Å². The highest BCUT2D eigenvalue weighted by atomic mass is 16.5. The van der Waals surface area contributed by atoms with Crippen LogP contribution in [0.15, 0.2) is 22.9 Å². The number of aromatic nitrogens is 3. The molecule has 1 aliphatic rings. The van der Waals surface area contributed by atoms with Crippen molar-refractivity contribution < 1.29 is 14.4 Å². The number of nitrogens with one attached hydrogen (secondary N) is 1. The summed E-state index contributed by atoms with van der Waals surface area (Å²) in [5.74, 6) is 0.409. The summed E-state index contributed by atoms with van der Waals surface area (Å²) in [4.78, 5) is 14.7. The number of carbonyl (C=O) groups is 1. The fourth-order valence-corrected chi connectivity index (χ4v) is 3.14. The van der Waals surface area contributed by atoms with Crippen LogP contribution in [0.4, 0.5) is 0 Å². The molecule has 3 rings (SSSR count). The number of hydrogen-bond donors (Lipinski definition) is 2. The highest BCUT2D eigenvalue weighted by molar-refractivity contribution is 5.92. The number of likely N-dealkylation sites (tertiary alicyclic amines) is 1. The van der Waals surface area contributed by atoms with E-state index in [0.717, 1.165) is 38.0 Å². The molecule has 0 unspecified atom stereocenters. The first-order valence-corrected chi connectivity index (χ1v) is 8.71. The van der Waals surface area contributed by atoms with Gasteiger partial charge in [0.1, 0.15) is 0 Å². The van der Waals surface area contributed by atoms with Crippen LogP contribution < -0.4 is 5.32 Å². The Balaban J connectivity index is 1.59. The molecule has 8 nitrogen and oxygen atoms in total. The van der Waals surface area contributed by atoms with Gasteiger partial charge in [0.05, 0.1) is 24.4 Å². The van der Waals surface area contributed by atoms with E-state index in [4.69, 9.17) is 4.52 Å². The van der Waals surface area contributed by atoms with E-state index in [2.05, 4.69) is 20.5 Å². The van der Waals surface area contributed by atoms with Gasteiger partial charge < -0.3 is 14.9 Å². The predicted octanol–water partition coefficient (Wildman–Crippen LogP) is 1.25. The molecule has 0 bridgehead atoms. The van der Waals surface area contributed by atoms with Crippen LogP contribution in [0.2, 0.25) is 0 Å². The van der Waals surface area contributed by atoms with Crippen molar-refractivity contribution in [2.75, 3.05) is 13.1 Å². The summed E-state index contributed by atoms with van der Waals surface area (Å²) >= 11 is 0. The lowest BCUT2D eigenvalue weighted by Crippen LogP contribution is -2.35. The SMILES string of the molecule is CC[C@H](NC(=O)c1cc(CN2CCC(O)CC2)on1)c1ccnn1C. The van der Waals surface area contributed by atoms with Crippen molar-refractivity contribution in [3.8, 4) is 0 Å². The van der Waals surface area contributed by atoms with Gasteiger partial charge in [-0.15, -0.1) is 0 Å². The van der Waals surface area contributed by atoms with Crippen molar-refractivity contribution in [3.63, 3.8) is 0 Å². The molecular formula is C17H25N5O3. The third-order valence-corrected chi connectivity index (χ3v) is 4.66. The van der Waals surface area contributed by atoms with E-state index in [1.807, 2.05) is 20.0 Å². The van der Waals surface area contributed by atoms with E-state index in [1.54, 1.807) is 16.9 Å². The number of aliphatic hydroxyl groups is 1. The maximum atomic E-state index is 12.5. The lowest BCUT2D eigenvalue weighted by atomic mass is 10.1. The second kappa shape index (κ2) is 7.79. The van der Waals surface area contributed by atoms with Gasteiger partial charge >= 0.3 is 0 Å². The topological polar surface area (TPSA) is 96.4 Å². The van der Waals surface area contributed by atoms with Crippen molar-refractivity contribution in [2.45, 2.75) is 44.9 Å². The second-order valence-corrected chi connectivity index (χ2v) is 6.50. The molecule has 3 heterocycles. The first kappa shape index (κ1) is 17.6. The van der Waals surface area contributed by atoms with Crippen LogP contribution in [-0.2, 0) is 13.6 Å². The average molecular weight is 347 g/mol. The molecule has 1 saturated heterocycles. The Morgan fingerprint density at radius 2 is 2.24 bits per heavy atom. The van der Waals surface area contributed by atoms with Crippen molar-refractivity contribution in [1.82, 2.24) is 25.2 Å². The average Bonchev–Trinajstić information content (AvgIpc) is 3.24. The van der Waals surface area contributed by atoms with Crippen LogP contribution in [0.1, 0.15) is 54.2 Å². The number of carbonyl (C=O) groups excluding carboxylic acids is 1. The molecule has 2 N–H and O–H groups in total. The number of aliphatic hydroxyl groups excluding tert-OH is 1. The molecule has 25 heavy (non-hydrogen) atoms. The summed E-state index contributed by atoms with van der Waals surface area (Å²) in [7, 11) is 1.86. The zero-order chi connectivity index (χ0) is 17.8. The minimum absolute atomic E-state index is 0.122. The van der Waals surface area contributed by atoms with Crippen molar-refractivity contribution in [2.24, 2.45) is 7.05 Å². The van der Waals surface area contributed by atoms with Crippen molar-refractivity contribution >= 4 is 5.91 Å². The van der Waals surface area contributed by atoms with Gasteiger partial charge in [0, 0.05) is 32.4 Å². The molecule has 0 spiro atoms. The Hall–Kier alpha value is -2.19. The van der Waals surface area contributed by atoms with Crippen LogP contribution in [0.5, 0.6) is 0 Å². The first-order valence-electron chi connectivity index (χ1n) is 8.71. The van der Waals surface area contributed by atoms with Crippen LogP contribution >= 0.6 is 0 Å². The van der Waals surface area contributed by atoms with Gasteiger partial charge in [-0.25, -0.2) is 0 Å². The van der Waals surface area contributed by atoms with Gasteiger partial charge in [0.2, 0.25) is 0 Å². The Kier molecular flexibility index (Phi) is 5.50. The zero-order valence-corrected chi connectivity index (χ0v) is 14.7. The van der Waals surface area contributed by atoms with Gasteiger partial charge in [-0.1, -0.05) is 12.1 Å². The Morgan fingerprint density at radius 1 is 1.48 bits per heavy atom. The minimum atomic E-state index is -0.253. The first-order chi connectivity index (χ1) is 12.1. The van der Waals surface area contributed by atoms with E-state index in [0.29, 0.717) is 12.3 Å². The molecule has 136 valence electrons.